The topological polar surface area (TPSA) is 46.3 Å². The predicted octanol–water partition coefficient (Wildman–Crippen LogP) is 2.47. The van der Waals surface area contributed by atoms with Crippen LogP contribution >= 0.6 is 15.9 Å². The van der Waals surface area contributed by atoms with Crippen LogP contribution in [0.15, 0.2) is 22.7 Å². The Morgan fingerprint density at radius 3 is 2.95 bits per heavy atom. The molecule has 0 radical (unpaired) electrons. The molecule has 1 saturated heterocycles. The lowest BCUT2D eigenvalue weighted by Crippen LogP contribution is -2.48. The summed E-state index contributed by atoms with van der Waals surface area (Å²) in [4.78, 5) is 14.2. The molecule has 1 heterocycles. The van der Waals surface area contributed by atoms with Gasteiger partial charge in [-0.2, -0.15) is 0 Å². The van der Waals surface area contributed by atoms with E-state index in [4.69, 9.17) is 5.73 Å². The number of benzene rings is 1. The van der Waals surface area contributed by atoms with E-state index in [1.165, 1.54) is 6.07 Å². The largest absolute Gasteiger partial charge is 0.338 e. The van der Waals surface area contributed by atoms with Crippen LogP contribution in [0.4, 0.5) is 4.39 Å². The van der Waals surface area contributed by atoms with Gasteiger partial charge in [0.05, 0.1) is 10.9 Å². The van der Waals surface area contributed by atoms with Gasteiger partial charge in [-0.3, -0.25) is 4.79 Å². The molecule has 0 spiro atoms. The highest BCUT2D eigenvalue weighted by Crippen LogP contribution is 2.20. The quantitative estimate of drug-likeness (QED) is 0.926. The van der Waals surface area contributed by atoms with Crippen LogP contribution in [0.25, 0.3) is 0 Å². The molecule has 1 aliphatic heterocycles. The first-order valence-electron chi connectivity index (χ1n) is 6.55. The van der Waals surface area contributed by atoms with Crippen LogP contribution in [0.3, 0.4) is 0 Å². The molecule has 1 unspecified atom stereocenters. The molecule has 2 rings (SSSR count). The summed E-state index contributed by atoms with van der Waals surface area (Å²) in [5.41, 5.74) is 6.54. The van der Waals surface area contributed by atoms with Gasteiger partial charge in [0.25, 0.3) is 0 Å². The lowest BCUT2D eigenvalue weighted by atomic mass is 10.0. The van der Waals surface area contributed by atoms with Gasteiger partial charge in [-0.15, -0.1) is 0 Å². The first-order chi connectivity index (χ1) is 9.11. The number of rotatable bonds is 3. The summed E-state index contributed by atoms with van der Waals surface area (Å²) in [6, 6.07) is 4.85. The summed E-state index contributed by atoms with van der Waals surface area (Å²) in [6.07, 6.45) is 3.45. The number of amides is 1. The summed E-state index contributed by atoms with van der Waals surface area (Å²) >= 11 is 3.14. The fraction of sp³-hybridized carbons (Fsp3) is 0.500. The van der Waals surface area contributed by atoms with Crippen LogP contribution in [0.2, 0.25) is 0 Å². The minimum Gasteiger partial charge on any atom is -0.338 e. The lowest BCUT2D eigenvalue weighted by molar-refractivity contribution is -0.133. The number of piperidine rings is 1. The number of carbonyl (C=O) groups is 1. The SMILES string of the molecule is NCC1CCCCN1C(=O)Cc1ccc(F)c(Br)c1. The van der Waals surface area contributed by atoms with E-state index >= 15 is 0 Å². The van der Waals surface area contributed by atoms with Crippen molar-refractivity contribution < 1.29 is 9.18 Å². The van der Waals surface area contributed by atoms with Crippen molar-refractivity contribution in [1.29, 1.82) is 0 Å². The molecule has 3 nitrogen and oxygen atoms in total. The number of hydrogen-bond acceptors (Lipinski definition) is 2. The molecular formula is C14H18BrFN2O. The Balaban J connectivity index is 2.05. The predicted molar refractivity (Wildman–Crippen MR) is 76.2 cm³/mol. The average molecular weight is 329 g/mol. The summed E-state index contributed by atoms with van der Waals surface area (Å²) in [5, 5.41) is 0. The minimum atomic E-state index is -0.311. The van der Waals surface area contributed by atoms with Gasteiger partial charge in [0.2, 0.25) is 5.91 Å². The number of likely N-dealkylation sites (tertiary alicyclic amines) is 1. The molecule has 1 atom stereocenters. The molecule has 1 amide bonds. The first-order valence-corrected chi connectivity index (χ1v) is 7.34. The van der Waals surface area contributed by atoms with Gasteiger partial charge in [-0.25, -0.2) is 4.39 Å². The molecule has 0 aliphatic carbocycles. The normalized spacial score (nSPS) is 19.5. The molecule has 2 N–H and O–H groups in total. The van der Waals surface area contributed by atoms with Crippen molar-refractivity contribution in [1.82, 2.24) is 4.90 Å². The van der Waals surface area contributed by atoms with Crippen molar-refractivity contribution in [3.8, 4) is 0 Å². The van der Waals surface area contributed by atoms with Crippen molar-refractivity contribution in [2.75, 3.05) is 13.1 Å². The standard InChI is InChI=1S/C14H18BrFN2O/c15-12-7-10(4-5-13(12)16)8-14(19)18-6-2-1-3-11(18)9-17/h4-5,7,11H,1-3,6,8-9,17H2. The van der Waals surface area contributed by atoms with Gasteiger partial charge >= 0.3 is 0 Å². The zero-order valence-electron chi connectivity index (χ0n) is 10.7. The van der Waals surface area contributed by atoms with Crippen LogP contribution in [-0.4, -0.2) is 29.9 Å². The van der Waals surface area contributed by atoms with Gasteiger partial charge in [-0.1, -0.05) is 6.07 Å². The fourth-order valence-electron chi connectivity index (χ4n) is 2.50. The molecule has 0 bridgehead atoms. The zero-order chi connectivity index (χ0) is 13.8. The van der Waals surface area contributed by atoms with Gasteiger partial charge < -0.3 is 10.6 Å². The second-order valence-electron chi connectivity index (χ2n) is 4.90. The van der Waals surface area contributed by atoms with Crippen LogP contribution in [0.5, 0.6) is 0 Å². The highest BCUT2D eigenvalue weighted by atomic mass is 79.9. The Hall–Kier alpha value is -0.940. The van der Waals surface area contributed by atoms with E-state index in [9.17, 15) is 9.18 Å². The van der Waals surface area contributed by atoms with Crippen molar-refractivity contribution in [3.63, 3.8) is 0 Å². The summed E-state index contributed by atoms with van der Waals surface area (Å²) in [6.45, 7) is 1.29. The first kappa shape index (κ1) is 14.5. The third-order valence-electron chi connectivity index (χ3n) is 3.56. The monoisotopic (exact) mass is 328 g/mol. The van der Waals surface area contributed by atoms with Crippen LogP contribution < -0.4 is 5.73 Å². The van der Waals surface area contributed by atoms with Crippen LogP contribution in [0.1, 0.15) is 24.8 Å². The van der Waals surface area contributed by atoms with Crippen molar-refractivity contribution in [2.45, 2.75) is 31.7 Å². The van der Waals surface area contributed by atoms with Gasteiger partial charge in [-0.05, 0) is 52.9 Å². The van der Waals surface area contributed by atoms with E-state index in [-0.39, 0.29) is 17.8 Å². The van der Waals surface area contributed by atoms with Crippen molar-refractivity contribution >= 4 is 21.8 Å². The molecule has 1 aromatic rings. The third-order valence-corrected chi connectivity index (χ3v) is 4.17. The Labute approximate surface area is 121 Å². The molecule has 104 valence electrons. The Kier molecular flexibility index (Phi) is 4.93. The van der Waals surface area contributed by atoms with E-state index in [0.29, 0.717) is 17.4 Å². The Morgan fingerprint density at radius 2 is 2.26 bits per heavy atom. The van der Waals surface area contributed by atoms with Gasteiger partial charge in [0.1, 0.15) is 5.82 Å². The fourth-order valence-corrected chi connectivity index (χ4v) is 2.93. The molecule has 0 saturated carbocycles. The lowest BCUT2D eigenvalue weighted by Gasteiger charge is -2.35. The Morgan fingerprint density at radius 1 is 1.47 bits per heavy atom. The van der Waals surface area contributed by atoms with Crippen molar-refractivity contribution in [2.24, 2.45) is 5.73 Å². The second kappa shape index (κ2) is 6.48. The van der Waals surface area contributed by atoms with E-state index in [2.05, 4.69) is 15.9 Å². The summed E-state index contributed by atoms with van der Waals surface area (Å²) in [5.74, 6) is -0.234. The molecular weight excluding hydrogens is 311 g/mol. The maximum Gasteiger partial charge on any atom is 0.227 e. The summed E-state index contributed by atoms with van der Waals surface area (Å²) in [7, 11) is 0. The van der Waals surface area contributed by atoms with Gasteiger partial charge in [0.15, 0.2) is 0 Å². The van der Waals surface area contributed by atoms with Gasteiger partial charge in [0, 0.05) is 19.1 Å². The van der Waals surface area contributed by atoms with Crippen LogP contribution in [0, 0.1) is 5.82 Å². The number of carbonyl (C=O) groups excluding carboxylic acids is 1. The maximum atomic E-state index is 13.1. The zero-order valence-corrected chi connectivity index (χ0v) is 12.3. The number of halogens is 2. The highest BCUT2D eigenvalue weighted by Gasteiger charge is 2.25. The molecule has 0 aromatic heterocycles. The molecule has 1 aromatic carbocycles. The molecule has 1 aliphatic rings. The van der Waals surface area contributed by atoms with E-state index < -0.39 is 0 Å². The molecule has 1 fully saturated rings. The molecule has 5 heteroatoms. The highest BCUT2D eigenvalue weighted by molar-refractivity contribution is 9.10. The van der Waals surface area contributed by atoms with E-state index in [1.807, 2.05) is 4.90 Å². The van der Waals surface area contributed by atoms with Crippen molar-refractivity contribution in [3.05, 3.63) is 34.1 Å². The number of hydrogen-bond donors (Lipinski definition) is 1. The minimum absolute atomic E-state index is 0.0775. The number of nitrogens with zero attached hydrogens (tertiary/aromatic N) is 1. The number of nitrogens with two attached hydrogens (primary N) is 1. The van der Waals surface area contributed by atoms with E-state index in [0.717, 1.165) is 31.4 Å². The maximum absolute atomic E-state index is 13.1. The third kappa shape index (κ3) is 3.54. The smallest absolute Gasteiger partial charge is 0.227 e. The van der Waals surface area contributed by atoms with E-state index in [1.54, 1.807) is 12.1 Å². The second-order valence-corrected chi connectivity index (χ2v) is 5.75. The van der Waals surface area contributed by atoms with Crippen LogP contribution in [-0.2, 0) is 11.2 Å². The average Bonchev–Trinajstić information content (AvgIpc) is 2.43. The molecule has 19 heavy (non-hydrogen) atoms. The summed E-state index contributed by atoms with van der Waals surface area (Å²) < 4.78 is 13.5. The Bertz CT molecular complexity index is 467.